The summed E-state index contributed by atoms with van der Waals surface area (Å²) in [7, 11) is 0. The van der Waals surface area contributed by atoms with Crippen molar-refractivity contribution in [2.45, 2.75) is 55.6 Å². The van der Waals surface area contributed by atoms with Crippen LogP contribution in [0.1, 0.15) is 55.8 Å². The zero-order valence-electron chi connectivity index (χ0n) is 16.0. The Morgan fingerprint density at radius 1 is 1.14 bits per heavy atom. The lowest BCUT2D eigenvalue weighted by Gasteiger charge is -2.55. The number of esters is 1. The average molecular weight is 400 g/mol. The molecule has 0 radical (unpaired) electrons. The maximum absolute atomic E-state index is 13.0. The number of hydrogen-bond donors (Lipinski definition) is 1. The van der Waals surface area contributed by atoms with Crippen molar-refractivity contribution >= 4 is 35.1 Å². The first-order chi connectivity index (χ1) is 13.4. The van der Waals surface area contributed by atoms with Gasteiger partial charge in [0.1, 0.15) is 0 Å². The molecule has 6 heteroatoms. The lowest BCUT2D eigenvalue weighted by Crippen LogP contribution is -2.51. The van der Waals surface area contributed by atoms with Crippen molar-refractivity contribution in [1.29, 1.82) is 0 Å². The summed E-state index contributed by atoms with van der Waals surface area (Å²) < 4.78 is 5.41. The molecule has 0 unspecified atom stereocenters. The van der Waals surface area contributed by atoms with Gasteiger partial charge in [-0.05, 0) is 81.4 Å². The summed E-state index contributed by atoms with van der Waals surface area (Å²) >= 11 is 1.47. The van der Waals surface area contributed by atoms with Gasteiger partial charge in [0.25, 0.3) is 0 Å². The Bertz CT molecular complexity index is 829. The van der Waals surface area contributed by atoms with Gasteiger partial charge >= 0.3 is 5.97 Å². The first-order valence-corrected chi connectivity index (χ1v) is 11.1. The molecule has 4 bridgehead atoms. The van der Waals surface area contributed by atoms with Crippen molar-refractivity contribution in [2.75, 3.05) is 11.9 Å². The third kappa shape index (κ3) is 3.06. The molecule has 148 valence electrons. The number of ether oxygens (including phenoxy) is 1. The highest BCUT2D eigenvalue weighted by Crippen LogP contribution is 2.60. The highest BCUT2D eigenvalue weighted by atomic mass is 32.2. The Kier molecular flexibility index (Phi) is 4.30. The average Bonchev–Trinajstić information content (AvgIpc) is 2.65. The van der Waals surface area contributed by atoms with Crippen LogP contribution in [-0.4, -0.2) is 29.5 Å². The number of thioether (sulfide) groups is 1. The number of anilines is 1. The fraction of sp³-hybridized carbons (Fsp3) is 0.591. The summed E-state index contributed by atoms with van der Waals surface area (Å²) in [6, 6.07) is 5.17. The Labute approximate surface area is 169 Å². The molecule has 5 nitrogen and oxygen atoms in total. The van der Waals surface area contributed by atoms with Crippen LogP contribution in [0, 0.1) is 23.2 Å². The van der Waals surface area contributed by atoms with Gasteiger partial charge in [-0.3, -0.25) is 9.59 Å². The molecule has 1 heterocycles. The van der Waals surface area contributed by atoms with E-state index in [2.05, 4.69) is 5.32 Å². The minimum Gasteiger partial charge on any atom is -0.454 e. The SMILES string of the molecule is C[C@H]1Sc2ccc(C(=O)OCC(=O)C34CC5CC(CC(C5)C3)C4)cc2NC1=O. The molecule has 4 aliphatic carbocycles. The van der Waals surface area contributed by atoms with Gasteiger partial charge in [0, 0.05) is 10.3 Å². The Morgan fingerprint density at radius 3 is 2.43 bits per heavy atom. The zero-order valence-corrected chi connectivity index (χ0v) is 16.8. The summed E-state index contributed by atoms with van der Waals surface area (Å²) in [4.78, 5) is 38.3. The number of benzene rings is 1. The predicted molar refractivity (Wildman–Crippen MR) is 106 cm³/mol. The molecular weight excluding hydrogens is 374 g/mol. The van der Waals surface area contributed by atoms with Crippen molar-refractivity contribution < 1.29 is 19.1 Å². The summed E-state index contributed by atoms with van der Waals surface area (Å²) in [5, 5.41) is 2.67. The second-order valence-corrected chi connectivity index (χ2v) is 10.5. The maximum atomic E-state index is 13.0. The summed E-state index contributed by atoms with van der Waals surface area (Å²) in [5.41, 5.74) is 0.758. The molecule has 4 saturated carbocycles. The quantitative estimate of drug-likeness (QED) is 0.773. The molecule has 1 aromatic rings. The van der Waals surface area contributed by atoms with Crippen molar-refractivity contribution in [1.82, 2.24) is 0 Å². The molecule has 0 saturated heterocycles. The monoisotopic (exact) mass is 399 g/mol. The number of amides is 1. The third-order valence-electron chi connectivity index (χ3n) is 7.11. The fourth-order valence-corrected chi connectivity index (χ4v) is 7.09. The smallest absolute Gasteiger partial charge is 0.338 e. The molecule has 0 spiro atoms. The first-order valence-electron chi connectivity index (χ1n) is 10.2. The van der Waals surface area contributed by atoms with Crippen LogP contribution in [0.15, 0.2) is 23.1 Å². The van der Waals surface area contributed by atoms with E-state index in [0.717, 1.165) is 24.2 Å². The molecular formula is C22H25NO4S. The molecule has 28 heavy (non-hydrogen) atoms. The predicted octanol–water partition coefficient (Wildman–Crippen LogP) is 4.06. The van der Waals surface area contributed by atoms with E-state index in [1.54, 1.807) is 12.1 Å². The number of carbonyl (C=O) groups excluding carboxylic acids is 3. The molecule has 1 N–H and O–H groups in total. The second-order valence-electron chi connectivity index (χ2n) is 9.16. The second kappa shape index (κ2) is 6.61. The van der Waals surface area contributed by atoms with Gasteiger partial charge in [0.15, 0.2) is 12.4 Å². The lowest BCUT2D eigenvalue weighted by atomic mass is 9.48. The Hall–Kier alpha value is -1.82. The molecule has 1 aliphatic heterocycles. The number of carbonyl (C=O) groups is 3. The summed E-state index contributed by atoms with van der Waals surface area (Å²) in [5.74, 6) is 1.61. The van der Waals surface area contributed by atoms with E-state index in [9.17, 15) is 14.4 Å². The van der Waals surface area contributed by atoms with E-state index < -0.39 is 5.97 Å². The molecule has 6 rings (SSSR count). The van der Waals surface area contributed by atoms with Gasteiger partial charge in [0.05, 0.1) is 16.5 Å². The summed E-state index contributed by atoms with van der Waals surface area (Å²) in [6.45, 7) is 1.71. The number of ketones is 1. The normalized spacial score (nSPS) is 35.2. The third-order valence-corrected chi connectivity index (χ3v) is 8.29. The maximum Gasteiger partial charge on any atom is 0.338 e. The molecule has 1 aromatic carbocycles. The van der Waals surface area contributed by atoms with Crippen molar-refractivity contribution in [2.24, 2.45) is 23.2 Å². The highest BCUT2D eigenvalue weighted by Gasteiger charge is 2.54. The topological polar surface area (TPSA) is 72.5 Å². The number of fused-ring (bicyclic) bond motifs is 1. The van der Waals surface area contributed by atoms with E-state index in [1.165, 1.54) is 31.0 Å². The minimum absolute atomic E-state index is 0.0694. The van der Waals surface area contributed by atoms with Crippen LogP contribution in [0.3, 0.4) is 0 Å². The van der Waals surface area contributed by atoms with E-state index in [0.29, 0.717) is 29.0 Å². The minimum atomic E-state index is -0.501. The number of rotatable bonds is 4. The van der Waals surface area contributed by atoms with E-state index in [4.69, 9.17) is 4.74 Å². The molecule has 5 aliphatic rings. The molecule has 1 amide bonds. The number of nitrogens with one attached hydrogen (secondary N) is 1. The molecule has 0 aromatic heterocycles. The van der Waals surface area contributed by atoms with Gasteiger partial charge < -0.3 is 10.1 Å². The van der Waals surface area contributed by atoms with Crippen molar-refractivity contribution in [3.8, 4) is 0 Å². The van der Waals surface area contributed by atoms with Crippen molar-refractivity contribution in [3.63, 3.8) is 0 Å². The van der Waals surface area contributed by atoms with Gasteiger partial charge in [-0.25, -0.2) is 4.79 Å². The van der Waals surface area contributed by atoms with Crippen LogP contribution in [0.2, 0.25) is 0 Å². The number of hydrogen-bond acceptors (Lipinski definition) is 5. The van der Waals surface area contributed by atoms with E-state index >= 15 is 0 Å². The van der Waals surface area contributed by atoms with E-state index in [1.807, 2.05) is 13.0 Å². The van der Waals surface area contributed by atoms with Crippen LogP contribution in [-0.2, 0) is 14.3 Å². The number of Topliss-reactive ketones (excluding diaryl/α,β-unsaturated/α-hetero) is 1. The Morgan fingerprint density at radius 2 is 1.79 bits per heavy atom. The van der Waals surface area contributed by atoms with Gasteiger partial charge in [0.2, 0.25) is 5.91 Å². The first kappa shape index (κ1) is 18.2. The highest BCUT2D eigenvalue weighted by molar-refractivity contribution is 8.00. The molecule has 4 fully saturated rings. The summed E-state index contributed by atoms with van der Waals surface area (Å²) in [6.07, 6.45) is 6.79. The lowest BCUT2D eigenvalue weighted by molar-refractivity contribution is -0.147. The van der Waals surface area contributed by atoms with E-state index in [-0.39, 0.29) is 29.0 Å². The molecule has 1 atom stereocenters. The van der Waals surface area contributed by atoms with Crippen LogP contribution < -0.4 is 5.32 Å². The standard InChI is InChI=1S/C22H25NO4S/c1-12-20(25)23-17-7-16(2-3-18(17)28-12)21(26)27-11-19(24)22-8-13-4-14(9-22)6-15(5-13)10-22/h2-3,7,12-15H,4-6,8-11H2,1H3,(H,23,25)/t12-,13?,14?,15?,22?/m1/s1. The van der Waals surface area contributed by atoms with Crippen LogP contribution in [0.5, 0.6) is 0 Å². The largest absolute Gasteiger partial charge is 0.454 e. The van der Waals surface area contributed by atoms with Gasteiger partial charge in [-0.1, -0.05) is 0 Å². The van der Waals surface area contributed by atoms with Gasteiger partial charge in [-0.15, -0.1) is 11.8 Å². The van der Waals surface area contributed by atoms with Crippen LogP contribution in [0.4, 0.5) is 5.69 Å². The fourth-order valence-electron chi connectivity index (χ4n) is 6.16. The van der Waals surface area contributed by atoms with Crippen molar-refractivity contribution in [3.05, 3.63) is 23.8 Å². The zero-order chi connectivity index (χ0) is 19.5. The van der Waals surface area contributed by atoms with Crippen LogP contribution in [0.25, 0.3) is 0 Å². The van der Waals surface area contributed by atoms with Crippen LogP contribution >= 0.6 is 11.8 Å². The van der Waals surface area contributed by atoms with Gasteiger partial charge in [-0.2, -0.15) is 0 Å². The Balaban J connectivity index is 1.25.